The lowest BCUT2D eigenvalue weighted by atomic mass is 10.1. The highest BCUT2D eigenvalue weighted by atomic mass is 35.5. The van der Waals surface area contributed by atoms with Crippen molar-refractivity contribution in [2.45, 2.75) is 6.54 Å². The average Bonchev–Trinajstić information content (AvgIpc) is 2.62. The van der Waals surface area contributed by atoms with Crippen LogP contribution in [0, 0.1) is 5.82 Å². The van der Waals surface area contributed by atoms with Crippen LogP contribution in [0.25, 0.3) is 0 Å². The second-order valence-electron chi connectivity index (χ2n) is 6.19. The number of rotatable bonds is 4. The first-order chi connectivity index (χ1) is 12.4. The number of amides is 1. The van der Waals surface area contributed by atoms with Gasteiger partial charge in [-0.2, -0.15) is 0 Å². The molecule has 1 heterocycles. The molecule has 0 aliphatic carbocycles. The summed E-state index contributed by atoms with van der Waals surface area (Å²) in [7, 11) is 0. The monoisotopic (exact) mass is 376 g/mol. The Labute approximate surface area is 155 Å². The van der Waals surface area contributed by atoms with Crippen LogP contribution in [0.1, 0.15) is 26.3 Å². The molecular weight excluding hydrogens is 359 g/mol. The molecule has 0 atom stereocenters. The Bertz CT molecular complexity index is 818. The smallest absolute Gasteiger partial charge is 0.335 e. The minimum Gasteiger partial charge on any atom is -0.478 e. The molecule has 0 saturated carbocycles. The molecule has 7 heteroatoms. The summed E-state index contributed by atoms with van der Waals surface area (Å²) < 4.78 is 13.1. The van der Waals surface area contributed by atoms with Gasteiger partial charge in [0.1, 0.15) is 5.82 Å². The second kappa shape index (κ2) is 7.85. The van der Waals surface area contributed by atoms with E-state index in [1.165, 1.54) is 12.1 Å². The van der Waals surface area contributed by atoms with Gasteiger partial charge in [-0.05, 0) is 35.9 Å². The van der Waals surface area contributed by atoms with Gasteiger partial charge in [-0.3, -0.25) is 9.69 Å². The molecule has 1 aliphatic heterocycles. The predicted octanol–water partition coefficient (Wildman–Crippen LogP) is 3.14. The summed E-state index contributed by atoms with van der Waals surface area (Å²) in [6.07, 6.45) is 0. The van der Waals surface area contributed by atoms with Crippen molar-refractivity contribution >= 4 is 23.5 Å². The van der Waals surface area contributed by atoms with Crippen LogP contribution in [0.3, 0.4) is 0 Å². The summed E-state index contributed by atoms with van der Waals surface area (Å²) in [5.41, 5.74) is 1.60. The van der Waals surface area contributed by atoms with Crippen LogP contribution in [0.5, 0.6) is 0 Å². The Morgan fingerprint density at radius 2 is 1.69 bits per heavy atom. The van der Waals surface area contributed by atoms with Gasteiger partial charge >= 0.3 is 5.97 Å². The molecule has 5 nitrogen and oxygen atoms in total. The highest BCUT2D eigenvalue weighted by molar-refractivity contribution is 6.33. The van der Waals surface area contributed by atoms with Crippen LogP contribution in [-0.4, -0.2) is 53.0 Å². The summed E-state index contributed by atoms with van der Waals surface area (Å²) >= 11 is 5.97. The topological polar surface area (TPSA) is 60.9 Å². The highest BCUT2D eigenvalue weighted by Gasteiger charge is 2.23. The summed E-state index contributed by atoms with van der Waals surface area (Å²) in [5, 5.41) is 9.05. The van der Waals surface area contributed by atoms with Crippen molar-refractivity contribution < 1.29 is 19.1 Å². The first kappa shape index (κ1) is 18.4. The molecule has 1 saturated heterocycles. The van der Waals surface area contributed by atoms with Crippen LogP contribution < -0.4 is 0 Å². The number of carbonyl (C=O) groups is 2. The average molecular weight is 377 g/mol. The molecule has 1 amide bonds. The van der Waals surface area contributed by atoms with Gasteiger partial charge in [0.15, 0.2) is 0 Å². The number of aromatic carboxylic acids is 1. The zero-order valence-corrected chi connectivity index (χ0v) is 14.7. The number of nitrogens with zero attached hydrogens (tertiary/aromatic N) is 2. The third kappa shape index (κ3) is 4.20. The first-order valence-electron chi connectivity index (χ1n) is 8.23. The quantitative estimate of drug-likeness (QED) is 0.890. The Kier molecular flexibility index (Phi) is 5.54. The fourth-order valence-electron chi connectivity index (χ4n) is 2.95. The second-order valence-corrected chi connectivity index (χ2v) is 6.60. The number of carboxylic acid groups (broad SMARTS) is 1. The van der Waals surface area contributed by atoms with E-state index >= 15 is 0 Å². The predicted molar refractivity (Wildman–Crippen MR) is 96.0 cm³/mol. The molecule has 2 aromatic carbocycles. The van der Waals surface area contributed by atoms with Gasteiger partial charge in [0.2, 0.25) is 0 Å². The van der Waals surface area contributed by atoms with Crippen LogP contribution in [0.15, 0.2) is 42.5 Å². The zero-order chi connectivity index (χ0) is 18.7. The molecule has 136 valence electrons. The Morgan fingerprint density at radius 1 is 1.04 bits per heavy atom. The van der Waals surface area contributed by atoms with Crippen molar-refractivity contribution in [3.63, 3.8) is 0 Å². The molecule has 1 fully saturated rings. The minimum absolute atomic E-state index is 0.121. The van der Waals surface area contributed by atoms with E-state index in [1.54, 1.807) is 29.2 Å². The SMILES string of the molecule is O=C(O)c1ccc(CN2CCN(C(=O)c3ccc(F)cc3Cl)CC2)cc1. The van der Waals surface area contributed by atoms with Gasteiger partial charge in [0, 0.05) is 32.7 Å². The van der Waals surface area contributed by atoms with Crippen LogP contribution in [0.2, 0.25) is 5.02 Å². The molecule has 1 N–H and O–H groups in total. The number of piperazine rings is 1. The number of hydrogen-bond acceptors (Lipinski definition) is 3. The number of halogens is 2. The van der Waals surface area contributed by atoms with Crippen molar-refractivity contribution in [2.24, 2.45) is 0 Å². The van der Waals surface area contributed by atoms with Crippen molar-refractivity contribution in [1.82, 2.24) is 9.80 Å². The molecule has 26 heavy (non-hydrogen) atoms. The van der Waals surface area contributed by atoms with Crippen LogP contribution in [0.4, 0.5) is 4.39 Å². The largest absolute Gasteiger partial charge is 0.478 e. The Balaban J connectivity index is 1.57. The van der Waals surface area contributed by atoms with Crippen molar-refractivity contribution in [3.05, 3.63) is 70.0 Å². The first-order valence-corrected chi connectivity index (χ1v) is 8.61. The molecule has 1 aliphatic rings. The lowest BCUT2D eigenvalue weighted by molar-refractivity contribution is 0.0628. The Hall–Kier alpha value is -2.44. The van der Waals surface area contributed by atoms with Gasteiger partial charge < -0.3 is 10.0 Å². The minimum atomic E-state index is -0.942. The highest BCUT2D eigenvalue weighted by Crippen LogP contribution is 2.20. The Morgan fingerprint density at radius 3 is 2.27 bits per heavy atom. The molecule has 0 spiro atoms. The third-order valence-electron chi connectivity index (χ3n) is 4.43. The number of hydrogen-bond donors (Lipinski definition) is 1. The van der Waals surface area contributed by atoms with E-state index in [-0.39, 0.29) is 16.5 Å². The van der Waals surface area contributed by atoms with E-state index in [1.807, 2.05) is 0 Å². The maximum absolute atomic E-state index is 13.1. The summed E-state index contributed by atoms with van der Waals surface area (Å²) in [6, 6.07) is 10.6. The van der Waals surface area contributed by atoms with E-state index in [0.29, 0.717) is 38.3 Å². The standard InChI is InChI=1S/C19H18ClFN2O3/c20-17-11-15(21)5-6-16(17)18(24)23-9-7-22(8-10-23)12-13-1-3-14(4-2-13)19(25)26/h1-6,11H,7-10,12H2,(H,25,26). The van der Waals surface area contributed by atoms with Gasteiger partial charge in [0.25, 0.3) is 5.91 Å². The zero-order valence-electron chi connectivity index (χ0n) is 14.0. The normalized spacial score (nSPS) is 15.1. The summed E-state index contributed by atoms with van der Waals surface area (Å²) in [4.78, 5) is 27.3. The van der Waals surface area contributed by atoms with Gasteiger partial charge in [-0.15, -0.1) is 0 Å². The number of carboxylic acids is 1. The molecule has 0 unspecified atom stereocenters. The van der Waals surface area contributed by atoms with Gasteiger partial charge in [0.05, 0.1) is 16.1 Å². The molecule has 0 bridgehead atoms. The fourth-order valence-corrected chi connectivity index (χ4v) is 3.20. The molecule has 2 aromatic rings. The van der Waals surface area contributed by atoms with Crippen molar-refractivity contribution in [1.29, 1.82) is 0 Å². The maximum Gasteiger partial charge on any atom is 0.335 e. The van der Waals surface area contributed by atoms with E-state index in [2.05, 4.69) is 4.90 Å². The molecule has 3 rings (SSSR count). The third-order valence-corrected chi connectivity index (χ3v) is 4.74. The van der Waals surface area contributed by atoms with E-state index in [4.69, 9.17) is 16.7 Å². The van der Waals surface area contributed by atoms with Crippen molar-refractivity contribution in [3.8, 4) is 0 Å². The lowest BCUT2D eigenvalue weighted by Crippen LogP contribution is -2.48. The number of benzene rings is 2. The molecular formula is C19H18ClFN2O3. The molecule has 0 radical (unpaired) electrons. The van der Waals surface area contributed by atoms with E-state index in [9.17, 15) is 14.0 Å². The summed E-state index contributed by atoms with van der Waals surface area (Å²) in [6.45, 7) is 3.20. The molecule has 0 aromatic heterocycles. The van der Waals surface area contributed by atoms with Gasteiger partial charge in [-0.25, -0.2) is 9.18 Å². The van der Waals surface area contributed by atoms with Crippen LogP contribution >= 0.6 is 11.6 Å². The van der Waals surface area contributed by atoms with Gasteiger partial charge in [-0.1, -0.05) is 23.7 Å². The summed E-state index contributed by atoms with van der Waals surface area (Å²) in [5.74, 6) is -1.60. The number of carbonyl (C=O) groups excluding carboxylic acids is 1. The maximum atomic E-state index is 13.1. The van der Waals surface area contributed by atoms with E-state index < -0.39 is 11.8 Å². The fraction of sp³-hybridized carbons (Fsp3) is 0.263. The van der Waals surface area contributed by atoms with E-state index in [0.717, 1.165) is 11.6 Å². The lowest BCUT2D eigenvalue weighted by Gasteiger charge is -2.35. The van der Waals surface area contributed by atoms with Crippen LogP contribution in [-0.2, 0) is 6.54 Å². The van der Waals surface area contributed by atoms with Crippen molar-refractivity contribution in [2.75, 3.05) is 26.2 Å².